The Bertz CT molecular complexity index is 599. The van der Waals surface area contributed by atoms with Gasteiger partial charge in [0.1, 0.15) is 5.82 Å². The molecule has 0 aliphatic rings. The zero-order chi connectivity index (χ0) is 15.2. The van der Waals surface area contributed by atoms with Crippen LogP contribution in [0.4, 0.5) is 5.82 Å². The number of benzene rings is 1. The molecule has 0 bridgehead atoms. The molecule has 0 aliphatic heterocycles. The molecule has 1 N–H and O–H groups in total. The van der Waals surface area contributed by atoms with Gasteiger partial charge in [-0.25, -0.2) is 9.97 Å². The highest BCUT2D eigenvalue weighted by Crippen LogP contribution is 2.26. The van der Waals surface area contributed by atoms with Crippen molar-refractivity contribution in [2.75, 3.05) is 11.9 Å². The van der Waals surface area contributed by atoms with Gasteiger partial charge in [0.2, 0.25) is 0 Å². The quantitative estimate of drug-likeness (QED) is 0.596. The van der Waals surface area contributed by atoms with Crippen molar-refractivity contribution < 1.29 is 0 Å². The van der Waals surface area contributed by atoms with Gasteiger partial charge >= 0.3 is 0 Å². The van der Waals surface area contributed by atoms with Crippen molar-refractivity contribution >= 4 is 44.3 Å². The Balaban J connectivity index is 2.44. The van der Waals surface area contributed by atoms with E-state index in [2.05, 4.69) is 57.7 Å². The number of nitrogens with one attached hydrogen (secondary N) is 1. The summed E-state index contributed by atoms with van der Waals surface area (Å²) in [5.74, 6) is 1.75. The second-order valence-electron chi connectivity index (χ2n) is 4.84. The Morgan fingerprint density at radius 2 is 1.81 bits per heavy atom. The highest BCUT2D eigenvalue weighted by molar-refractivity contribution is 14.1. The maximum Gasteiger partial charge on any atom is 0.161 e. The van der Waals surface area contributed by atoms with Gasteiger partial charge in [0.25, 0.3) is 0 Å². The van der Waals surface area contributed by atoms with E-state index in [4.69, 9.17) is 9.97 Å². The molecule has 21 heavy (non-hydrogen) atoms. The minimum atomic E-state index is 0.796. The first-order valence-electron chi connectivity index (χ1n) is 7.22. The summed E-state index contributed by atoms with van der Waals surface area (Å²) >= 11 is 5.81. The molecule has 0 unspecified atom stereocenters. The molecule has 0 aliphatic carbocycles. The number of halogens is 2. The van der Waals surface area contributed by atoms with Crippen LogP contribution in [0.3, 0.4) is 0 Å². The van der Waals surface area contributed by atoms with Crippen LogP contribution >= 0.6 is 38.5 Å². The molecule has 0 spiro atoms. The van der Waals surface area contributed by atoms with Crippen LogP contribution in [-0.2, 0) is 6.42 Å². The van der Waals surface area contributed by atoms with E-state index in [0.717, 1.165) is 56.7 Å². The summed E-state index contributed by atoms with van der Waals surface area (Å²) in [4.78, 5) is 9.46. The predicted molar refractivity (Wildman–Crippen MR) is 101 cm³/mol. The number of aromatic nitrogens is 2. The van der Waals surface area contributed by atoms with Gasteiger partial charge in [0, 0.05) is 16.6 Å². The molecule has 1 heterocycles. The lowest BCUT2D eigenvalue weighted by molar-refractivity contribution is 0.864. The van der Waals surface area contributed by atoms with Crippen LogP contribution in [-0.4, -0.2) is 16.5 Å². The molecule has 2 rings (SSSR count). The maximum absolute atomic E-state index is 4.76. The van der Waals surface area contributed by atoms with Crippen molar-refractivity contribution in [2.24, 2.45) is 0 Å². The second-order valence-corrected chi connectivity index (χ2v) is 6.83. The average Bonchev–Trinajstić information content (AvgIpc) is 2.49. The lowest BCUT2D eigenvalue weighted by Gasteiger charge is -2.12. The van der Waals surface area contributed by atoms with Crippen LogP contribution in [0.5, 0.6) is 0 Å². The van der Waals surface area contributed by atoms with Crippen LogP contribution in [0, 0.1) is 3.57 Å². The minimum Gasteiger partial charge on any atom is -0.369 e. The summed E-state index contributed by atoms with van der Waals surface area (Å²) in [5, 5.41) is 3.42. The van der Waals surface area contributed by atoms with Gasteiger partial charge in [0.05, 0.1) is 9.26 Å². The van der Waals surface area contributed by atoms with E-state index in [1.807, 2.05) is 24.3 Å². The van der Waals surface area contributed by atoms with Gasteiger partial charge in [-0.1, -0.05) is 48.3 Å². The fraction of sp³-hybridized carbons (Fsp3) is 0.375. The first-order chi connectivity index (χ1) is 10.2. The van der Waals surface area contributed by atoms with Crippen molar-refractivity contribution in [3.63, 3.8) is 0 Å². The van der Waals surface area contributed by atoms with E-state index < -0.39 is 0 Å². The van der Waals surface area contributed by atoms with E-state index in [1.54, 1.807) is 0 Å². The van der Waals surface area contributed by atoms with Gasteiger partial charge < -0.3 is 5.32 Å². The van der Waals surface area contributed by atoms with E-state index in [-0.39, 0.29) is 0 Å². The fourth-order valence-corrected chi connectivity index (χ4v) is 2.95. The van der Waals surface area contributed by atoms with Crippen LogP contribution in [0.1, 0.15) is 32.4 Å². The monoisotopic (exact) mass is 459 g/mol. The Hall–Kier alpha value is -0.690. The number of rotatable bonds is 6. The van der Waals surface area contributed by atoms with E-state index >= 15 is 0 Å². The van der Waals surface area contributed by atoms with Gasteiger partial charge in [0.15, 0.2) is 5.82 Å². The summed E-state index contributed by atoms with van der Waals surface area (Å²) in [6, 6.07) is 8.14. The predicted octanol–water partition coefficient (Wildman–Crippen LogP) is 5.29. The number of aryl methyl sites for hydroxylation is 1. The van der Waals surface area contributed by atoms with E-state index in [9.17, 15) is 0 Å². The lowest BCUT2D eigenvalue weighted by atomic mass is 10.2. The van der Waals surface area contributed by atoms with Gasteiger partial charge in [-0.05, 0) is 47.6 Å². The summed E-state index contributed by atoms with van der Waals surface area (Å²) in [5.41, 5.74) is 2.18. The molecule has 0 fully saturated rings. The summed E-state index contributed by atoms with van der Waals surface area (Å²) in [6.45, 7) is 5.26. The molecule has 0 amide bonds. The van der Waals surface area contributed by atoms with Crippen LogP contribution in [0.15, 0.2) is 28.7 Å². The normalized spacial score (nSPS) is 10.7. The van der Waals surface area contributed by atoms with Gasteiger partial charge in [-0.2, -0.15) is 0 Å². The van der Waals surface area contributed by atoms with Crippen LogP contribution < -0.4 is 5.32 Å². The second kappa shape index (κ2) is 8.08. The molecular formula is C16H19BrIN3. The van der Waals surface area contributed by atoms with Crippen LogP contribution in [0.25, 0.3) is 11.4 Å². The highest BCUT2D eigenvalue weighted by atomic mass is 127. The fourth-order valence-electron chi connectivity index (χ4n) is 1.98. The van der Waals surface area contributed by atoms with E-state index in [0.29, 0.717) is 0 Å². The van der Waals surface area contributed by atoms with E-state index in [1.165, 1.54) is 0 Å². The third-order valence-electron chi connectivity index (χ3n) is 3.05. The van der Waals surface area contributed by atoms with Gasteiger partial charge in [-0.3, -0.25) is 0 Å². The average molecular weight is 460 g/mol. The lowest BCUT2D eigenvalue weighted by Crippen LogP contribution is -2.09. The number of anilines is 1. The SMILES string of the molecule is CCCNc1nc(-c2ccc(Br)cc2)nc(CCC)c1I. The highest BCUT2D eigenvalue weighted by Gasteiger charge is 2.12. The van der Waals surface area contributed by atoms with Crippen molar-refractivity contribution in [3.05, 3.63) is 38.0 Å². The number of hydrogen-bond acceptors (Lipinski definition) is 3. The number of hydrogen-bond donors (Lipinski definition) is 1. The summed E-state index contributed by atoms with van der Waals surface area (Å²) in [7, 11) is 0. The summed E-state index contributed by atoms with van der Waals surface area (Å²) in [6.07, 6.45) is 3.14. The molecular weight excluding hydrogens is 441 g/mol. The van der Waals surface area contributed by atoms with Crippen molar-refractivity contribution in [1.29, 1.82) is 0 Å². The maximum atomic E-state index is 4.76. The van der Waals surface area contributed by atoms with Crippen molar-refractivity contribution in [1.82, 2.24) is 9.97 Å². The molecule has 0 saturated carbocycles. The zero-order valence-electron chi connectivity index (χ0n) is 12.3. The minimum absolute atomic E-state index is 0.796. The number of nitrogens with zero attached hydrogens (tertiary/aromatic N) is 2. The topological polar surface area (TPSA) is 37.8 Å². The molecule has 2 aromatic rings. The molecule has 1 aromatic carbocycles. The Morgan fingerprint density at radius 3 is 2.43 bits per heavy atom. The smallest absolute Gasteiger partial charge is 0.161 e. The van der Waals surface area contributed by atoms with Crippen LogP contribution in [0.2, 0.25) is 0 Å². The third kappa shape index (κ3) is 4.39. The first kappa shape index (κ1) is 16.7. The molecule has 1 aromatic heterocycles. The molecule has 112 valence electrons. The molecule has 5 heteroatoms. The molecule has 0 saturated heterocycles. The Morgan fingerprint density at radius 1 is 1.10 bits per heavy atom. The zero-order valence-corrected chi connectivity index (χ0v) is 16.0. The largest absolute Gasteiger partial charge is 0.369 e. The summed E-state index contributed by atoms with van der Waals surface area (Å²) < 4.78 is 2.21. The molecule has 3 nitrogen and oxygen atoms in total. The van der Waals surface area contributed by atoms with Crippen molar-refractivity contribution in [3.8, 4) is 11.4 Å². The van der Waals surface area contributed by atoms with Crippen molar-refractivity contribution in [2.45, 2.75) is 33.1 Å². The Labute approximate surface area is 148 Å². The van der Waals surface area contributed by atoms with Gasteiger partial charge in [-0.15, -0.1) is 0 Å². The molecule has 0 radical (unpaired) electrons. The molecule has 0 atom stereocenters. The first-order valence-corrected chi connectivity index (χ1v) is 9.09. The Kier molecular flexibility index (Phi) is 6.41. The third-order valence-corrected chi connectivity index (χ3v) is 4.71. The standard InChI is InChI=1S/C16H19BrIN3/c1-3-5-13-14(18)16(19-10-4-2)21-15(20-13)11-6-8-12(17)9-7-11/h6-9H,3-5,10H2,1-2H3,(H,19,20,21).